The van der Waals surface area contributed by atoms with Crippen molar-refractivity contribution in [2.24, 2.45) is 0 Å². The van der Waals surface area contributed by atoms with E-state index in [0.717, 1.165) is 22.4 Å². The van der Waals surface area contributed by atoms with Crippen LogP contribution in [0.1, 0.15) is 28.1 Å². The average molecular weight is 475 g/mol. The molecule has 1 heterocycles. The standard InChI is InChI=1S/C27H23BrO3/c28-17-19-30-24-12-10-21(11-13-24)23-8-4-15-27(20-23,26-9-5-18-31-26)16-14-25(29)22-6-2-1-3-7-22/h1-16,18H,17,19-20H2. The van der Waals surface area contributed by atoms with E-state index in [1.165, 1.54) is 5.57 Å². The third-order valence-corrected chi connectivity index (χ3v) is 5.64. The van der Waals surface area contributed by atoms with Crippen LogP contribution in [0.15, 0.2) is 108 Å². The minimum atomic E-state index is -0.525. The molecule has 3 aromatic rings. The molecule has 0 spiro atoms. The van der Waals surface area contributed by atoms with Gasteiger partial charge in [0.25, 0.3) is 0 Å². The predicted octanol–water partition coefficient (Wildman–Crippen LogP) is 6.77. The summed E-state index contributed by atoms with van der Waals surface area (Å²) >= 11 is 3.37. The van der Waals surface area contributed by atoms with Crippen molar-refractivity contribution in [3.63, 3.8) is 0 Å². The number of ketones is 1. The SMILES string of the molecule is O=C(C=CC1(c2ccco2)C=CC=C(c2ccc(OCCBr)cc2)C1)c1ccccc1. The molecule has 1 aliphatic rings. The second kappa shape index (κ2) is 9.80. The minimum absolute atomic E-state index is 0.0238. The van der Waals surface area contributed by atoms with Crippen LogP contribution in [0.2, 0.25) is 0 Å². The van der Waals surface area contributed by atoms with Crippen LogP contribution in [0.3, 0.4) is 0 Å². The van der Waals surface area contributed by atoms with Crippen LogP contribution in [-0.4, -0.2) is 17.7 Å². The average Bonchev–Trinajstić information content (AvgIpc) is 3.38. The number of alkyl halides is 1. The largest absolute Gasteiger partial charge is 0.493 e. The fourth-order valence-electron chi connectivity index (χ4n) is 3.72. The van der Waals surface area contributed by atoms with E-state index in [2.05, 4.69) is 40.2 Å². The molecule has 0 aliphatic heterocycles. The van der Waals surface area contributed by atoms with Crippen LogP contribution < -0.4 is 4.74 Å². The Labute approximate surface area is 190 Å². The van der Waals surface area contributed by atoms with Crippen molar-refractivity contribution in [2.45, 2.75) is 11.8 Å². The zero-order valence-electron chi connectivity index (χ0n) is 17.0. The molecule has 1 aliphatic carbocycles. The maximum Gasteiger partial charge on any atom is 0.185 e. The Morgan fingerprint density at radius 1 is 1.06 bits per heavy atom. The molecule has 1 aromatic heterocycles. The lowest BCUT2D eigenvalue weighted by Gasteiger charge is -2.29. The molecule has 4 rings (SSSR count). The first-order chi connectivity index (χ1) is 15.2. The van der Waals surface area contributed by atoms with Crippen LogP contribution in [0.4, 0.5) is 0 Å². The second-order valence-corrected chi connectivity index (χ2v) is 8.16. The van der Waals surface area contributed by atoms with E-state index >= 15 is 0 Å². The summed E-state index contributed by atoms with van der Waals surface area (Å²) in [5, 5.41) is 0.796. The van der Waals surface area contributed by atoms with Crippen molar-refractivity contribution < 1.29 is 13.9 Å². The molecule has 1 atom stereocenters. The van der Waals surface area contributed by atoms with Gasteiger partial charge in [0.15, 0.2) is 5.78 Å². The Bertz CT molecular complexity index is 1090. The van der Waals surface area contributed by atoms with Gasteiger partial charge in [0.05, 0.1) is 18.3 Å². The van der Waals surface area contributed by atoms with Gasteiger partial charge < -0.3 is 9.15 Å². The molecule has 2 aromatic carbocycles. The van der Waals surface area contributed by atoms with E-state index < -0.39 is 5.41 Å². The van der Waals surface area contributed by atoms with Crippen molar-refractivity contribution in [3.05, 3.63) is 120 Å². The lowest BCUT2D eigenvalue weighted by molar-refractivity contribution is 0.104. The summed E-state index contributed by atoms with van der Waals surface area (Å²) in [5.74, 6) is 1.63. The highest BCUT2D eigenvalue weighted by molar-refractivity contribution is 9.09. The summed E-state index contributed by atoms with van der Waals surface area (Å²) in [7, 11) is 0. The summed E-state index contributed by atoms with van der Waals surface area (Å²) in [4.78, 5) is 12.7. The molecule has 156 valence electrons. The van der Waals surface area contributed by atoms with Crippen LogP contribution in [0.25, 0.3) is 5.57 Å². The van der Waals surface area contributed by atoms with Crippen LogP contribution >= 0.6 is 15.9 Å². The van der Waals surface area contributed by atoms with Crippen LogP contribution in [0, 0.1) is 0 Å². The zero-order chi connectivity index (χ0) is 21.5. The number of halogens is 1. The van der Waals surface area contributed by atoms with E-state index in [0.29, 0.717) is 18.6 Å². The highest BCUT2D eigenvalue weighted by Gasteiger charge is 2.33. The van der Waals surface area contributed by atoms with Crippen molar-refractivity contribution in [1.29, 1.82) is 0 Å². The molecule has 0 radical (unpaired) electrons. The van der Waals surface area contributed by atoms with E-state index in [4.69, 9.17) is 9.15 Å². The highest BCUT2D eigenvalue weighted by atomic mass is 79.9. The fourth-order valence-corrected chi connectivity index (χ4v) is 3.88. The van der Waals surface area contributed by atoms with Gasteiger partial charge >= 0.3 is 0 Å². The zero-order valence-corrected chi connectivity index (χ0v) is 18.6. The number of rotatable bonds is 8. The summed E-state index contributed by atoms with van der Waals surface area (Å²) in [6.45, 7) is 0.632. The van der Waals surface area contributed by atoms with Crippen molar-refractivity contribution in [3.8, 4) is 5.75 Å². The van der Waals surface area contributed by atoms with Gasteiger partial charge in [-0.05, 0) is 47.9 Å². The molecule has 3 nitrogen and oxygen atoms in total. The predicted molar refractivity (Wildman–Crippen MR) is 128 cm³/mol. The molecule has 0 saturated carbocycles. The Balaban J connectivity index is 1.60. The Kier molecular flexibility index (Phi) is 6.68. The van der Waals surface area contributed by atoms with Gasteiger partial charge in [-0.15, -0.1) is 0 Å². The Hall–Kier alpha value is -3.11. The third kappa shape index (κ3) is 4.97. The van der Waals surface area contributed by atoms with Gasteiger partial charge in [-0.25, -0.2) is 0 Å². The quantitative estimate of drug-likeness (QED) is 0.205. The van der Waals surface area contributed by atoms with Crippen molar-refractivity contribution in [1.82, 2.24) is 0 Å². The first-order valence-corrected chi connectivity index (χ1v) is 11.3. The van der Waals surface area contributed by atoms with E-state index in [1.54, 1.807) is 12.3 Å². The minimum Gasteiger partial charge on any atom is -0.493 e. The van der Waals surface area contributed by atoms with Gasteiger partial charge in [-0.3, -0.25) is 4.79 Å². The van der Waals surface area contributed by atoms with Gasteiger partial charge in [0, 0.05) is 10.9 Å². The van der Waals surface area contributed by atoms with Crippen molar-refractivity contribution >= 4 is 27.3 Å². The molecule has 0 amide bonds. The first-order valence-electron chi connectivity index (χ1n) is 10.2. The van der Waals surface area contributed by atoms with Gasteiger partial charge in [-0.2, -0.15) is 0 Å². The van der Waals surface area contributed by atoms with Crippen LogP contribution in [0.5, 0.6) is 5.75 Å². The molecule has 0 saturated heterocycles. The number of hydrogen-bond donors (Lipinski definition) is 0. The van der Waals surface area contributed by atoms with Crippen LogP contribution in [-0.2, 0) is 5.41 Å². The number of carbonyl (C=O) groups excluding carboxylic acids is 1. The molecule has 1 unspecified atom stereocenters. The number of benzene rings is 2. The maximum atomic E-state index is 12.7. The fraction of sp³-hybridized carbons (Fsp3) is 0.148. The smallest absolute Gasteiger partial charge is 0.185 e. The number of hydrogen-bond acceptors (Lipinski definition) is 3. The lowest BCUT2D eigenvalue weighted by Crippen LogP contribution is -2.23. The molecule has 4 heteroatoms. The topological polar surface area (TPSA) is 39.4 Å². The number of carbonyl (C=O) groups is 1. The van der Waals surface area contributed by atoms with Gasteiger partial charge in [-0.1, -0.05) is 82.7 Å². The van der Waals surface area contributed by atoms with E-state index in [-0.39, 0.29) is 5.78 Å². The van der Waals surface area contributed by atoms with Crippen molar-refractivity contribution in [2.75, 3.05) is 11.9 Å². The van der Waals surface area contributed by atoms with E-state index in [9.17, 15) is 4.79 Å². The lowest BCUT2D eigenvalue weighted by atomic mass is 9.74. The Morgan fingerprint density at radius 3 is 2.58 bits per heavy atom. The number of furan rings is 1. The first kappa shape index (κ1) is 21.1. The second-order valence-electron chi connectivity index (χ2n) is 7.37. The summed E-state index contributed by atoms with van der Waals surface area (Å²) < 4.78 is 11.5. The monoisotopic (exact) mass is 474 g/mol. The summed E-state index contributed by atoms with van der Waals surface area (Å²) in [6.07, 6.45) is 12.2. The van der Waals surface area contributed by atoms with E-state index in [1.807, 2.05) is 66.7 Å². The van der Waals surface area contributed by atoms with Gasteiger partial charge in [0.2, 0.25) is 0 Å². The van der Waals surface area contributed by atoms with Gasteiger partial charge in [0.1, 0.15) is 11.5 Å². The summed E-state index contributed by atoms with van der Waals surface area (Å²) in [6, 6.07) is 21.3. The Morgan fingerprint density at radius 2 is 1.87 bits per heavy atom. The molecule has 0 fully saturated rings. The third-order valence-electron chi connectivity index (χ3n) is 5.32. The summed E-state index contributed by atoms with van der Waals surface area (Å²) in [5.41, 5.74) is 2.43. The maximum absolute atomic E-state index is 12.7. The molecule has 0 bridgehead atoms. The number of allylic oxidation sites excluding steroid dienone is 6. The molecular weight excluding hydrogens is 452 g/mol. The highest BCUT2D eigenvalue weighted by Crippen LogP contribution is 2.41. The molecule has 0 N–H and O–H groups in total. The molecular formula is C27H23BrO3. The normalized spacial score (nSPS) is 18.2. The number of ether oxygens (including phenoxy) is 1. The molecule has 31 heavy (non-hydrogen) atoms.